The van der Waals surface area contributed by atoms with E-state index in [-0.39, 0.29) is 32.0 Å². The minimum absolute atomic E-state index is 0.0225. The Bertz CT molecular complexity index is 489. The first-order valence-electron chi connectivity index (χ1n) is 10.1. The molecule has 1 fully saturated rings. The van der Waals surface area contributed by atoms with Crippen LogP contribution in [0.25, 0.3) is 0 Å². The van der Waals surface area contributed by atoms with Crippen molar-refractivity contribution in [1.82, 2.24) is 5.06 Å². The molecule has 0 atom stereocenters. The maximum Gasteiger partial charge on any atom is 0.534 e. The first-order valence-corrected chi connectivity index (χ1v) is 10.1. The number of carbonyl (C=O) groups excluding carboxylic acids is 3. The largest absolute Gasteiger partial charge is 0.534 e. The summed E-state index contributed by atoms with van der Waals surface area (Å²) < 4.78 is 36.6. The Morgan fingerprint density at radius 2 is 1.19 bits per heavy atom. The molecule has 0 aliphatic carbocycles. The number of hydroxylamine groups is 2. The van der Waals surface area contributed by atoms with Gasteiger partial charge in [0, 0.05) is 33.0 Å². The topological polar surface area (TPSA) is 128 Å². The van der Waals surface area contributed by atoms with Crippen LogP contribution in [0.15, 0.2) is 0 Å². The maximum absolute atomic E-state index is 11.4. The second-order valence-electron chi connectivity index (χ2n) is 6.46. The van der Waals surface area contributed by atoms with Crippen molar-refractivity contribution in [2.24, 2.45) is 5.92 Å². The van der Waals surface area contributed by atoms with Crippen molar-refractivity contribution in [2.45, 2.75) is 12.8 Å². The molecule has 0 unspecified atom stereocenters. The van der Waals surface area contributed by atoms with Gasteiger partial charge < -0.3 is 33.2 Å². The molecule has 180 valence electrons. The molecule has 0 N–H and O–H groups in total. The monoisotopic (exact) mass is 451 g/mol. The summed E-state index contributed by atoms with van der Waals surface area (Å²) in [7, 11) is 3.22. The van der Waals surface area contributed by atoms with E-state index >= 15 is 0 Å². The Labute approximate surface area is 181 Å². The fraction of sp³-hybridized carbons (Fsp3) is 0.842. The highest BCUT2D eigenvalue weighted by molar-refractivity contribution is 6.01. The number of amides is 2. The van der Waals surface area contributed by atoms with E-state index in [9.17, 15) is 14.4 Å². The molecular formula is C19H33NO11. The van der Waals surface area contributed by atoms with E-state index in [1.165, 1.54) is 0 Å². The van der Waals surface area contributed by atoms with Gasteiger partial charge in [0.2, 0.25) is 0 Å². The second kappa shape index (κ2) is 17.8. The third-order valence-corrected chi connectivity index (χ3v) is 3.92. The van der Waals surface area contributed by atoms with Gasteiger partial charge in [0.15, 0.2) is 0 Å². The van der Waals surface area contributed by atoms with E-state index in [2.05, 4.69) is 4.84 Å². The van der Waals surface area contributed by atoms with Crippen LogP contribution in [0.1, 0.15) is 12.8 Å². The summed E-state index contributed by atoms with van der Waals surface area (Å²) in [6.07, 6.45) is -1.09. The van der Waals surface area contributed by atoms with E-state index < -0.39 is 18.0 Å². The molecule has 12 heteroatoms. The van der Waals surface area contributed by atoms with Crippen LogP contribution in [-0.4, -0.2) is 110 Å². The highest BCUT2D eigenvalue weighted by atomic mass is 16.8. The number of carbonyl (C=O) groups is 3. The summed E-state index contributed by atoms with van der Waals surface area (Å²) in [5.74, 6) is -1.08. The molecule has 1 aliphatic rings. The summed E-state index contributed by atoms with van der Waals surface area (Å²) in [5, 5.41) is 0.422. The quantitative estimate of drug-likeness (QED) is 0.151. The van der Waals surface area contributed by atoms with Crippen molar-refractivity contribution in [3.05, 3.63) is 0 Å². The van der Waals surface area contributed by atoms with Crippen LogP contribution in [0.3, 0.4) is 0 Å². The van der Waals surface area contributed by atoms with Crippen LogP contribution < -0.4 is 0 Å². The molecule has 1 saturated heterocycles. The minimum Gasteiger partial charge on any atom is -0.430 e. The molecule has 0 saturated carbocycles. The molecule has 1 aliphatic heterocycles. The Morgan fingerprint density at radius 3 is 1.71 bits per heavy atom. The Morgan fingerprint density at radius 1 is 0.742 bits per heavy atom. The lowest BCUT2D eigenvalue weighted by Crippen LogP contribution is -2.32. The molecule has 0 aromatic rings. The molecule has 0 bridgehead atoms. The molecule has 31 heavy (non-hydrogen) atoms. The van der Waals surface area contributed by atoms with Gasteiger partial charge in [0.05, 0.1) is 66.1 Å². The molecule has 0 radical (unpaired) electrons. The van der Waals surface area contributed by atoms with Crippen molar-refractivity contribution in [1.29, 1.82) is 0 Å². The van der Waals surface area contributed by atoms with Crippen LogP contribution in [0.5, 0.6) is 0 Å². The van der Waals surface area contributed by atoms with Gasteiger partial charge in [-0.25, -0.2) is 4.79 Å². The number of ether oxygens (including phenoxy) is 7. The van der Waals surface area contributed by atoms with Crippen LogP contribution in [0, 0.1) is 5.92 Å². The van der Waals surface area contributed by atoms with Gasteiger partial charge in [-0.1, -0.05) is 5.06 Å². The van der Waals surface area contributed by atoms with Gasteiger partial charge in [-0.05, 0) is 0 Å². The molecular weight excluding hydrogens is 418 g/mol. The SMILES string of the molecule is COCCOCC(COCCOC)COCCOCCOC(=O)ON1C(=O)CCC1=O. The Balaban J connectivity index is 2.05. The average Bonchev–Trinajstić information content (AvgIpc) is 3.07. The number of methoxy groups -OCH3 is 2. The molecule has 2 amide bonds. The van der Waals surface area contributed by atoms with Crippen LogP contribution >= 0.6 is 0 Å². The molecule has 0 aromatic heterocycles. The predicted molar refractivity (Wildman–Crippen MR) is 104 cm³/mol. The molecule has 1 rings (SSSR count). The van der Waals surface area contributed by atoms with Gasteiger partial charge >= 0.3 is 6.16 Å². The summed E-state index contributed by atoms with van der Waals surface area (Å²) in [5.41, 5.74) is 0. The normalized spacial score (nSPS) is 14.0. The smallest absolute Gasteiger partial charge is 0.430 e. The van der Waals surface area contributed by atoms with Crippen LogP contribution in [0.2, 0.25) is 0 Å². The van der Waals surface area contributed by atoms with E-state index in [1.54, 1.807) is 14.2 Å². The first-order chi connectivity index (χ1) is 15.1. The molecule has 0 spiro atoms. The summed E-state index contributed by atoms with van der Waals surface area (Å²) >= 11 is 0. The van der Waals surface area contributed by atoms with Gasteiger partial charge in [0.25, 0.3) is 11.8 Å². The highest BCUT2D eigenvalue weighted by Crippen LogP contribution is 2.12. The lowest BCUT2D eigenvalue weighted by molar-refractivity contribution is -0.177. The third-order valence-electron chi connectivity index (χ3n) is 3.92. The molecule has 0 aromatic carbocycles. The van der Waals surface area contributed by atoms with Crippen molar-refractivity contribution in [3.63, 3.8) is 0 Å². The number of hydrogen-bond donors (Lipinski definition) is 0. The van der Waals surface area contributed by atoms with E-state index in [4.69, 9.17) is 33.2 Å². The molecule has 12 nitrogen and oxygen atoms in total. The number of rotatable bonds is 19. The summed E-state index contributed by atoms with van der Waals surface area (Å²) in [6, 6.07) is 0. The standard InChI is InChI=1S/C19H33NO11/c1-24-5-7-27-13-16(14-28-8-6-25-2)15-29-10-9-26-11-12-30-19(23)31-20-17(21)3-4-18(20)22/h16H,3-15H2,1-2H3. The van der Waals surface area contributed by atoms with Crippen molar-refractivity contribution in [3.8, 4) is 0 Å². The summed E-state index contributed by atoms with van der Waals surface area (Å²) in [6.45, 7) is 4.10. The second-order valence-corrected chi connectivity index (χ2v) is 6.46. The van der Waals surface area contributed by atoms with Crippen molar-refractivity contribution >= 4 is 18.0 Å². The highest BCUT2D eigenvalue weighted by Gasteiger charge is 2.33. The van der Waals surface area contributed by atoms with Crippen molar-refractivity contribution in [2.75, 3.05) is 86.9 Å². The number of nitrogens with zero attached hydrogens (tertiary/aromatic N) is 1. The van der Waals surface area contributed by atoms with E-state index in [0.717, 1.165) is 0 Å². The zero-order chi connectivity index (χ0) is 22.7. The lowest BCUT2D eigenvalue weighted by atomic mass is 10.2. The Hall–Kier alpha value is -1.83. The lowest BCUT2D eigenvalue weighted by Gasteiger charge is -2.17. The Kier molecular flexibility index (Phi) is 15.6. The average molecular weight is 451 g/mol. The zero-order valence-corrected chi connectivity index (χ0v) is 18.2. The zero-order valence-electron chi connectivity index (χ0n) is 18.2. The van der Waals surface area contributed by atoms with Crippen LogP contribution in [-0.2, 0) is 47.6 Å². The number of imide groups is 1. The predicted octanol–water partition coefficient (Wildman–Crippen LogP) is 0.179. The molecule has 1 heterocycles. The van der Waals surface area contributed by atoms with Gasteiger partial charge in [-0.15, -0.1) is 0 Å². The number of hydrogen-bond acceptors (Lipinski definition) is 11. The fourth-order valence-electron chi connectivity index (χ4n) is 2.34. The third kappa shape index (κ3) is 13.2. The van der Waals surface area contributed by atoms with Gasteiger partial charge in [-0.2, -0.15) is 0 Å². The summed E-state index contributed by atoms with van der Waals surface area (Å²) in [4.78, 5) is 38.7. The van der Waals surface area contributed by atoms with E-state index in [0.29, 0.717) is 64.5 Å². The first kappa shape index (κ1) is 27.2. The van der Waals surface area contributed by atoms with Gasteiger partial charge in [0.1, 0.15) is 6.61 Å². The van der Waals surface area contributed by atoms with Crippen molar-refractivity contribution < 1.29 is 52.4 Å². The minimum atomic E-state index is -1.13. The van der Waals surface area contributed by atoms with Crippen LogP contribution in [0.4, 0.5) is 4.79 Å². The maximum atomic E-state index is 11.4. The fourth-order valence-corrected chi connectivity index (χ4v) is 2.34. The van der Waals surface area contributed by atoms with Gasteiger partial charge in [-0.3, -0.25) is 14.4 Å². The van der Waals surface area contributed by atoms with E-state index in [1.807, 2.05) is 0 Å².